The molecule has 0 saturated heterocycles. The smallest absolute Gasteiger partial charge is 0.239 e. The van der Waals surface area contributed by atoms with Crippen LogP contribution in [-0.4, -0.2) is 18.7 Å². The average molecular weight is 291 g/mol. The fraction of sp³-hybridized carbons (Fsp3) is 0.267. The largest absolute Gasteiger partial charge is 0.497 e. The molecule has 21 heavy (non-hydrogen) atoms. The Kier molecular flexibility index (Phi) is 4.81. The van der Waals surface area contributed by atoms with Crippen molar-refractivity contribution in [2.45, 2.75) is 13.3 Å². The van der Waals surface area contributed by atoms with Crippen molar-refractivity contribution in [1.29, 1.82) is 0 Å². The summed E-state index contributed by atoms with van der Waals surface area (Å²) in [6, 6.07) is 7.76. The van der Waals surface area contributed by atoms with Crippen molar-refractivity contribution in [3.8, 4) is 11.6 Å². The predicted molar refractivity (Wildman–Crippen MR) is 80.7 cm³/mol. The van der Waals surface area contributed by atoms with E-state index in [-0.39, 0.29) is 5.69 Å². The van der Waals surface area contributed by atoms with Crippen molar-refractivity contribution >= 4 is 17.2 Å². The number of nitrogens with two attached hydrogens (primary N) is 1. The molecule has 0 spiro atoms. The minimum Gasteiger partial charge on any atom is -0.497 e. The highest BCUT2D eigenvalue weighted by Crippen LogP contribution is 2.27. The van der Waals surface area contributed by atoms with Gasteiger partial charge in [-0.15, -0.1) is 0 Å². The number of hydrogen-bond donors (Lipinski definition) is 2. The summed E-state index contributed by atoms with van der Waals surface area (Å²) in [5.41, 5.74) is 6.51. The molecule has 1 heterocycles. The number of nitrogens with one attached hydrogen (secondary N) is 1. The first-order chi connectivity index (χ1) is 10.1. The van der Waals surface area contributed by atoms with E-state index in [9.17, 15) is 4.39 Å². The molecule has 0 fully saturated rings. The third-order valence-electron chi connectivity index (χ3n) is 2.77. The van der Waals surface area contributed by atoms with Gasteiger partial charge in [0.1, 0.15) is 17.4 Å². The Morgan fingerprint density at radius 2 is 2.10 bits per heavy atom. The topological polar surface area (TPSA) is 69.4 Å². The molecule has 0 amide bonds. The SMILES string of the molecule is CCCOc1nc(Nc2cc(OC)ccc2F)ccc1N. The molecule has 112 valence electrons. The number of rotatable bonds is 6. The van der Waals surface area contributed by atoms with Crippen molar-refractivity contribution in [3.63, 3.8) is 0 Å². The Balaban J connectivity index is 2.23. The van der Waals surface area contributed by atoms with Crippen LogP contribution in [0.15, 0.2) is 30.3 Å². The molecule has 2 aromatic rings. The Labute approximate surface area is 122 Å². The zero-order valence-corrected chi connectivity index (χ0v) is 12.0. The summed E-state index contributed by atoms with van der Waals surface area (Å²) in [6.07, 6.45) is 0.850. The number of anilines is 3. The van der Waals surface area contributed by atoms with Crippen LogP contribution in [0.2, 0.25) is 0 Å². The number of aromatic nitrogens is 1. The fourth-order valence-electron chi connectivity index (χ4n) is 1.70. The van der Waals surface area contributed by atoms with E-state index in [4.69, 9.17) is 15.2 Å². The monoisotopic (exact) mass is 291 g/mol. The minimum absolute atomic E-state index is 0.271. The first-order valence-corrected chi connectivity index (χ1v) is 6.64. The molecule has 1 aromatic carbocycles. The molecule has 1 aromatic heterocycles. The van der Waals surface area contributed by atoms with Gasteiger partial charge in [0, 0.05) is 6.07 Å². The van der Waals surface area contributed by atoms with E-state index in [0.29, 0.717) is 29.7 Å². The molecule has 5 nitrogen and oxygen atoms in total. The summed E-state index contributed by atoms with van der Waals surface area (Å²) in [4.78, 5) is 4.24. The minimum atomic E-state index is -0.398. The Morgan fingerprint density at radius 1 is 1.29 bits per heavy atom. The number of benzene rings is 1. The first kappa shape index (κ1) is 14.9. The summed E-state index contributed by atoms with van der Waals surface area (Å²) < 4.78 is 24.3. The molecule has 0 atom stereocenters. The molecule has 0 bridgehead atoms. The lowest BCUT2D eigenvalue weighted by Crippen LogP contribution is -2.04. The Hall–Kier alpha value is -2.50. The van der Waals surface area contributed by atoms with Crippen LogP contribution in [0.3, 0.4) is 0 Å². The van der Waals surface area contributed by atoms with Crippen molar-refractivity contribution in [1.82, 2.24) is 4.98 Å². The Bertz CT molecular complexity index is 620. The maximum atomic E-state index is 13.8. The third kappa shape index (κ3) is 3.75. The van der Waals surface area contributed by atoms with Crippen molar-refractivity contribution in [2.24, 2.45) is 0 Å². The molecule has 0 saturated carbocycles. The van der Waals surface area contributed by atoms with E-state index in [2.05, 4.69) is 10.3 Å². The molecule has 0 unspecified atom stereocenters. The molecule has 3 N–H and O–H groups in total. The first-order valence-electron chi connectivity index (χ1n) is 6.64. The van der Waals surface area contributed by atoms with Crippen molar-refractivity contribution in [2.75, 3.05) is 24.8 Å². The van der Waals surface area contributed by atoms with E-state index >= 15 is 0 Å². The quantitative estimate of drug-likeness (QED) is 0.854. The van der Waals surface area contributed by atoms with Crippen LogP contribution in [0.1, 0.15) is 13.3 Å². The second kappa shape index (κ2) is 6.78. The number of pyridine rings is 1. The van der Waals surface area contributed by atoms with E-state index < -0.39 is 5.82 Å². The van der Waals surface area contributed by atoms with E-state index in [0.717, 1.165) is 6.42 Å². The number of hydrogen-bond acceptors (Lipinski definition) is 5. The number of methoxy groups -OCH3 is 1. The summed E-state index contributed by atoms with van der Waals surface area (Å²) >= 11 is 0. The molecule has 0 aliphatic heterocycles. The highest BCUT2D eigenvalue weighted by molar-refractivity contribution is 5.62. The van der Waals surface area contributed by atoms with Gasteiger partial charge < -0.3 is 20.5 Å². The predicted octanol–water partition coefficient (Wildman–Crippen LogP) is 3.34. The fourth-order valence-corrected chi connectivity index (χ4v) is 1.70. The van der Waals surface area contributed by atoms with Gasteiger partial charge in [0.15, 0.2) is 0 Å². The van der Waals surface area contributed by atoms with Crippen LogP contribution in [-0.2, 0) is 0 Å². The van der Waals surface area contributed by atoms with Crippen LogP contribution in [0.5, 0.6) is 11.6 Å². The molecule has 2 rings (SSSR count). The van der Waals surface area contributed by atoms with Crippen LogP contribution < -0.4 is 20.5 Å². The van der Waals surface area contributed by atoms with Gasteiger partial charge in [-0.2, -0.15) is 4.98 Å². The lowest BCUT2D eigenvalue weighted by molar-refractivity contribution is 0.307. The van der Waals surface area contributed by atoms with Crippen molar-refractivity contribution < 1.29 is 13.9 Å². The van der Waals surface area contributed by atoms with Gasteiger partial charge in [0.2, 0.25) is 5.88 Å². The summed E-state index contributed by atoms with van der Waals surface area (Å²) in [5, 5.41) is 2.89. The zero-order valence-electron chi connectivity index (χ0n) is 12.0. The molecule has 6 heteroatoms. The van der Waals surface area contributed by atoms with Crippen LogP contribution >= 0.6 is 0 Å². The number of nitrogens with zero attached hydrogens (tertiary/aromatic N) is 1. The lowest BCUT2D eigenvalue weighted by Gasteiger charge is -2.11. The van der Waals surface area contributed by atoms with E-state index in [1.165, 1.54) is 13.2 Å². The lowest BCUT2D eigenvalue weighted by atomic mass is 10.3. The van der Waals surface area contributed by atoms with Gasteiger partial charge in [-0.1, -0.05) is 6.92 Å². The standard InChI is InChI=1S/C15H18FN3O2/c1-3-8-21-15-12(17)6-7-14(19-15)18-13-9-10(20-2)4-5-11(13)16/h4-7,9H,3,8,17H2,1-2H3,(H,18,19). The molecule has 0 aliphatic carbocycles. The molecule has 0 aliphatic rings. The maximum Gasteiger partial charge on any atom is 0.239 e. The highest BCUT2D eigenvalue weighted by Gasteiger charge is 2.08. The van der Waals surface area contributed by atoms with Crippen LogP contribution in [0, 0.1) is 5.82 Å². The summed E-state index contributed by atoms with van der Waals surface area (Å²) in [7, 11) is 1.52. The summed E-state index contributed by atoms with van der Waals surface area (Å²) in [5.74, 6) is 0.940. The highest BCUT2D eigenvalue weighted by atomic mass is 19.1. The summed E-state index contributed by atoms with van der Waals surface area (Å²) in [6.45, 7) is 2.51. The van der Waals surface area contributed by atoms with E-state index in [1.54, 1.807) is 24.3 Å². The molecule has 0 radical (unpaired) electrons. The van der Waals surface area contributed by atoms with E-state index in [1.807, 2.05) is 6.92 Å². The zero-order chi connectivity index (χ0) is 15.2. The maximum absolute atomic E-state index is 13.8. The third-order valence-corrected chi connectivity index (χ3v) is 2.77. The molecular formula is C15H18FN3O2. The molecular weight excluding hydrogens is 273 g/mol. The second-order valence-electron chi connectivity index (χ2n) is 4.41. The van der Waals surface area contributed by atoms with Gasteiger partial charge in [-0.3, -0.25) is 0 Å². The van der Waals surface area contributed by atoms with Crippen LogP contribution in [0.25, 0.3) is 0 Å². The van der Waals surface area contributed by atoms with Gasteiger partial charge in [-0.25, -0.2) is 4.39 Å². The van der Waals surface area contributed by atoms with Gasteiger partial charge in [0.05, 0.1) is 25.1 Å². The number of ether oxygens (including phenoxy) is 2. The van der Waals surface area contributed by atoms with Crippen LogP contribution in [0.4, 0.5) is 21.6 Å². The number of nitrogen functional groups attached to an aromatic ring is 1. The van der Waals surface area contributed by atoms with Gasteiger partial charge >= 0.3 is 0 Å². The van der Waals surface area contributed by atoms with Crippen molar-refractivity contribution in [3.05, 3.63) is 36.1 Å². The Morgan fingerprint density at radius 3 is 2.81 bits per heavy atom. The normalized spacial score (nSPS) is 10.2. The second-order valence-corrected chi connectivity index (χ2v) is 4.41. The van der Waals surface area contributed by atoms with Gasteiger partial charge in [0.25, 0.3) is 0 Å². The van der Waals surface area contributed by atoms with Gasteiger partial charge in [-0.05, 0) is 30.7 Å². The average Bonchev–Trinajstić information content (AvgIpc) is 2.50. The number of halogens is 1.